The molecule has 1 aromatic heterocycles. The van der Waals surface area contributed by atoms with Crippen LogP contribution in [-0.4, -0.2) is 29.5 Å². The van der Waals surface area contributed by atoms with Crippen LogP contribution in [0.4, 0.5) is 0 Å². The van der Waals surface area contributed by atoms with E-state index in [1.807, 2.05) is 78.9 Å². The van der Waals surface area contributed by atoms with Gasteiger partial charge < -0.3 is 9.47 Å². The second-order valence-electron chi connectivity index (χ2n) is 7.69. The molecule has 0 bridgehead atoms. The molecule has 0 aliphatic carbocycles. The lowest BCUT2D eigenvalue weighted by Crippen LogP contribution is -2.09. The quantitative estimate of drug-likeness (QED) is 0.209. The molecule has 5 rings (SSSR count). The lowest BCUT2D eigenvalue weighted by atomic mass is 10.0. The highest BCUT2D eigenvalue weighted by molar-refractivity contribution is 5.86. The number of rotatable bonds is 8. The molecule has 5 nitrogen and oxygen atoms in total. The molecule has 0 saturated carbocycles. The van der Waals surface area contributed by atoms with E-state index in [9.17, 15) is 4.79 Å². The van der Waals surface area contributed by atoms with Gasteiger partial charge >= 0.3 is 0 Å². The van der Waals surface area contributed by atoms with Crippen molar-refractivity contribution in [2.24, 2.45) is 0 Å². The summed E-state index contributed by atoms with van der Waals surface area (Å²) in [6.45, 7) is 0.758. The largest absolute Gasteiger partial charge is 0.490 e. The van der Waals surface area contributed by atoms with Crippen LogP contribution in [0.3, 0.4) is 0 Å². The predicted molar refractivity (Wildman–Crippen MR) is 133 cm³/mol. The Labute approximate surface area is 197 Å². The molecule has 0 aliphatic heterocycles. The molecule has 0 radical (unpaired) electrons. The molecule has 0 N–H and O–H groups in total. The van der Waals surface area contributed by atoms with Gasteiger partial charge in [0.25, 0.3) is 0 Å². The number of carbonyl (C=O) groups excluding carboxylic acids is 1. The van der Waals surface area contributed by atoms with Gasteiger partial charge in [-0.1, -0.05) is 60.7 Å². The third kappa shape index (κ3) is 4.79. The van der Waals surface area contributed by atoms with Crippen molar-refractivity contribution in [3.63, 3.8) is 0 Å². The van der Waals surface area contributed by atoms with E-state index in [1.165, 1.54) is 0 Å². The van der Waals surface area contributed by atoms with Crippen molar-refractivity contribution in [2.45, 2.75) is 0 Å². The summed E-state index contributed by atoms with van der Waals surface area (Å²) >= 11 is 0. The van der Waals surface area contributed by atoms with Gasteiger partial charge in [-0.3, -0.25) is 4.79 Å². The molecule has 0 amide bonds. The van der Waals surface area contributed by atoms with Crippen LogP contribution in [-0.2, 0) is 0 Å². The van der Waals surface area contributed by atoms with Crippen LogP contribution in [0.15, 0.2) is 103 Å². The van der Waals surface area contributed by atoms with Crippen LogP contribution in [0.2, 0.25) is 0 Å². The molecule has 0 saturated heterocycles. The molecular formula is C29H22N2O3. The summed E-state index contributed by atoms with van der Waals surface area (Å²) in [6, 6.07) is 32.9. The number of ether oxygens (including phenoxy) is 2. The van der Waals surface area contributed by atoms with Crippen molar-refractivity contribution in [1.82, 2.24) is 9.97 Å². The molecule has 0 atom stereocenters. The van der Waals surface area contributed by atoms with Gasteiger partial charge in [0.05, 0.1) is 22.4 Å². The van der Waals surface area contributed by atoms with Crippen LogP contribution in [0.25, 0.3) is 33.5 Å². The maximum absolute atomic E-state index is 10.8. The first-order valence-electron chi connectivity index (χ1n) is 11.0. The summed E-state index contributed by atoms with van der Waals surface area (Å²) in [5, 5.41) is 0. The summed E-state index contributed by atoms with van der Waals surface area (Å²) in [5.74, 6) is 1.40. The average Bonchev–Trinajstić information content (AvgIpc) is 2.91. The van der Waals surface area contributed by atoms with Gasteiger partial charge in [0, 0.05) is 22.8 Å². The topological polar surface area (TPSA) is 61.3 Å². The number of hydrogen-bond acceptors (Lipinski definition) is 5. The molecule has 4 aromatic carbocycles. The van der Waals surface area contributed by atoms with Crippen LogP contribution in [0.1, 0.15) is 10.4 Å². The van der Waals surface area contributed by atoms with E-state index < -0.39 is 0 Å². The third-order valence-corrected chi connectivity index (χ3v) is 5.37. The Morgan fingerprint density at radius 2 is 1.12 bits per heavy atom. The van der Waals surface area contributed by atoms with E-state index in [1.54, 1.807) is 24.3 Å². The van der Waals surface area contributed by atoms with Crippen molar-refractivity contribution >= 4 is 17.3 Å². The SMILES string of the molecule is O=Cc1ccc(OCCOc2ccc3nc(-c4ccccc4)c(-c4ccccc4)nc3c2)cc1. The van der Waals surface area contributed by atoms with Crippen molar-refractivity contribution in [1.29, 1.82) is 0 Å². The van der Waals surface area contributed by atoms with E-state index >= 15 is 0 Å². The minimum absolute atomic E-state index is 0.377. The normalized spacial score (nSPS) is 10.7. The fraction of sp³-hybridized carbons (Fsp3) is 0.0690. The van der Waals surface area contributed by atoms with Gasteiger partial charge in [-0.05, 0) is 36.4 Å². The van der Waals surface area contributed by atoms with Gasteiger partial charge in [0.1, 0.15) is 31.0 Å². The van der Waals surface area contributed by atoms with Crippen molar-refractivity contribution in [2.75, 3.05) is 13.2 Å². The average molecular weight is 447 g/mol. The number of hydrogen-bond donors (Lipinski definition) is 0. The summed E-state index contributed by atoms with van der Waals surface area (Å²) in [5.41, 5.74) is 5.90. The first kappa shape index (κ1) is 21.3. The zero-order chi connectivity index (χ0) is 23.2. The minimum atomic E-state index is 0.377. The fourth-order valence-electron chi connectivity index (χ4n) is 3.68. The van der Waals surface area contributed by atoms with Gasteiger partial charge in [-0.25, -0.2) is 9.97 Å². The standard InChI is InChI=1S/C29H22N2O3/c32-20-21-11-13-24(14-12-21)33-17-18-34-25-15-16-26-27(19-25)31-29(23-9-5-2-6-10-23)28(30-26)22-7-3-1-4-8-22/h1-16,19-20H,17-18H2. The second-order valence-corrected chi connectivity index (χ2v) is 7.69. The molecule has 0 fully saturated rings. The maximum atomic E-state index is 10.8. The molecule has 5 aromatic rings. The number of fused-ring (bicyclic) bond motifs is 1. The van der Waals surface area contributed by atoms with E-state index in [0.29, 0.717) is 30.3 Å². The van der Waals surface area contributed by atoms with E-state index in [2.05, 4.69) is 0 Å². The second kappa shape index (κ2) is 9.96. The van der Waals surface area contributed by atoms with E-state index in [-0.39, 0.29) is 0 Å². The lowest BCUT2D eigenvalue weighted by molar-refractivity contribution is 0.112. The van der Waals surface area contributed by atoms with E-state index in [0.717, 1.165) is 39.8 Å². The molecule has 166 valence electrons. The Kier molecular flexibility index (Phi) is 6.25. The predicted octanol–water partition coefficient (Wildman–Crippen LogP) is 6.23. The highest BCUT2D eigenvalue weighted by atomic mass is 16.5. The molecule has 34 heavy (non-hydrogen) atoms. The Morgan fingerprint density at radius 3 is 1.71 bits per heavy atom. The minimum Gasteiger partial charge on any atom is -0.490 e. The Hall–Kier alpha value is -4.51. The first-order chi connectivity index (χ1) is 16.8. The van der Waals surface area contributed by atoms with Crippen LogP contribution < -0.4 is 9.47 Å². The third-order valence-electron chi connectivity index (χ3n) is 5.37. The zero-order valence-corrected chi connectivity index (χ0v) is 18.4. The van der Waals surface area contributed by atoms with E-state index in [4.69, 9.17) is 19.4 Å². The highest BCUT2D eigenvalue weighted by Crippen LogP contribution is 2.31. The highest BCUT2D eigenvalue weighted by Gasteiger charge is 2.13. The zero-order valence-electron chi connectivity index (χ0n) is 18.4. The van der Waals surface area contributed by atoms with Gasteiger partial charge in [-0.2, -0.15) is 0 Å². The number of aldehydes is 1. The van der Waals surface area contributed by atoms with Crippen LogP contribution >= 0.6 is 0 Å². The lowest BCUT2D eigenvalue weighted by Gasteiger charge is -2.12. The summed E-state index contributed by atoms with van der Waals surface area (Å²) in [6.07, 6.45) is 0.807. The van der Waals surface area contributed by atoms with Crippen molar-refractivity contribution < 1.29 is 14.3 Å². The molecule has 0 unspecified atom stereocenters. The molecule has 5 heteroatoms. The first-order valence-corrected chi connectivity index (χ1v) is 11.0. The fourth-order valence-corrected chi connectivity index (χ4v) is 3.68. The van der Waals surface area contributed by atoms with Gasteiger partial charge in [-0.15, -0.1) is 0 Å². The molecule has 0 spiro atoms. The van der Waals surface area contributed by atoms with Crippen LogP contribution in [0.5, 0.6) is 11.5 Å². The maximum Gasteiger partial charge on any atom is 0.150 e. The molecule has 0 aliphatic rings. The monoisotopic (exact) mass is 446 g/mol. The Bertz CT molecular complexity index is 1400. The van der Waals surface area contributed by atoms with Gasteiger partial charge in [0.2, 0.25) is 0 Å². The summed E-state index contributed by atoms with van der Waals surface area (Å²) in [4.78, 5) is 20.7. The van der Waals surface area contributed by atoms with Gasteiger partial charge in [0.15, 0.2) is 0 Å². The smallest absolute Gasteiger partial charge is 0.150 e. The Morgan fingerprint density at radius 1 is 0.588 bits per heavy atom. The Balaban J connectivity index is 1.37. The van der Waals surface area contributed by atoms with Crippen molar-refractivity contribution in [3.8, 4) is 34.0 Å². The number of aromatic nitrogens is 2. The summed E-state index contributed by atoms with van der Waals surface area (Å²) in [7, 11) is 0. The molecular weight excluding hydrogens is 424 g/mol. The number of benzene rings is 4. The van der Waals surface area contributed by atoms with Crippen molar-refractivity contribution in [3.05, 3.63) is 109 Å². The molecule has 1 heterocycles. The number of nitrogens with zero attached hydrogens (tertiary/aromatic N) is 2. The summed E-state index contributed by atoms with van der Waals surface area (Å²) < 4.78 is 11.6. The number of carbonyl (C=O) groups is 1. The van der Waals surface area contributed by atoms with Crippen LogP contribution in [0, 0.1) is 0 Å².